The molecule has 0 aliphatic heterocycles. The number of phenols is 2. The van der Waals surface area contributed by atoms with Gasteiger partial charge in [-0.3, -0.25) is 14.9 Å². The van der Waals surface area contributed by atoms with Crippen LogP contribution in [0.1, 0.15) is 55.5 Å². The third-order valence-corrected chi connectivity index (χ3v) is 6.69. The Morgan fingerprint density at radius 2 is 1.58 bits per heavy atom. The minimum absolute atomic E-state index is 0.0680. The van der Waals surface area contributed by atoms with Crippen LogP contribution in [0.2, 0.25) is 5.02 Å². The molecule has 0 radical (unpaired) electrons. The number of rotatable bonds is 3. The summed E-state index contributed by atoms with van der Waals surface area (Å²) >= 11 is 5.82. The first-order valence-electron chi connectivity index (χ1n) is 11.0. The van der Waals surface area contributed by atoms with Gasteiger partial charge in [-0.2, -0.15) is 0 Å². The number of hydrogen-bond acceptors (Lipinski definition) is 8. The van der Waals surface area contributed by atoms with Gasteiger partial charge in [0.25, 0.3) is 0 Å². The predicted molar refractivity (Wildman–Crippen MR) is 128 cm³/mol. The molecule has 0 saturated carbocycles. The van der Waals surface area contributed by atoms with Crippen LogP contribution in [-0.4, -0.2) is 50.3 Å². The number of halogens is 1. The summed E-state index contributed by atoms with van der Waals surface area (Å²) in [4.78, 5) is 38.4. The van der Waals surface area contributed by atoms with Crippen molar-refractivity contribution in [2.75, 3.05) is 11.9 Å². The molecule has 0 spiro atoms. The molecule has 2 atom stereocenters. The normalized spacial score (nSPS) is 20.2. The van der Waals surface area contributed by atoms with Crippen molar-refractivity contribution in [3.8, 4) is 11.5 Å². The van der Waals surface area contributed by atoms with E-state index >= 15 is 0 Å². The molecular weight excluding hydrogens is 490 g/mol. The van der Waals surface area contributed by atoms with E-state index in [1.807, 2.05) is 0 Å². The molecule has 0 saturated heterocycles. The maximum absolute atomic E-state index is 13.1. The lowest BCUT2D eigenvalue weighted by Gasteiger charge is -2.37. The average Bonchev–Trinajstić information content (AvgIpc) is 2.84. The summed E-state index contributed by atoms with van der Waals surface area (Å²) in [5.41, 5.74) is -2.32. The molecule has 0 unspecified atom stereocenters. The largest absolute Gasteiger partial charge is 0.507 e. The average molecular weight is 510 g/mol. The summed E-state index contributed by atoms with van der Waals surface area (Å²) in [7, 11) is 0. The minimum Gasteiger partial charge on any atom is -0.507 e. The molecule has 0 heterocycles. The molecule has 184 valence electrons. The fraction of sp³-hybridized carbons (Fsp3) is 0.192. The molecule has 5 N–H and O–H groups in total. The highest BCUT2D eigenvalue weighted by molar-refractivity contribution is 6.31. The van der Waals surface area contributed by atoms with E-state index in [2.05, 4.69) is 5.32 Å². The monoisotopic (exact) mass is 509 g/mol. The van der Waals surface area contributed by atoms with E-state index in [9.17, 15) is 34.8 Å². The van der Waals surface area contributed by atoms with Gasteiger partial charge in [0.05, 0.1) is 17.2 Å². The van der Waals surface area contributed by atoms with Crippen LogP contribution in [0, 0.1) is 0 Å². The number of phenolic OH excluding ortho intramolecular Hbond substituents is 2. The Kier molecular flexibility index (Phi) is 5.71. The van der Waals surface area contributed by atoms with Crippen LogP contribution >= 0.6 is 11.6 Å². The number of carbonyl (C=O) groups is 3. The summed E-state index contributed by atoms with van der Waals surface area (Å²) in [5.74, 6) is -2.57. The second-order valence-electron chi connectivity index (χ2n) is 8.87. The Hall–Kier alpha value is -3.92. The third kappa shape index (κ3) is 3.87. The first-order chi connectivity index (χ1) is 17.1. The van der Waals surface area contributed by atoms with E-state index in [1.165, 1.54) is 12.1 Å². The van der Waals surface area contributed by atoms with Crippen molar-refractivity contribution in [3.05, 3.63) is 86.9 Å². The number of fused-ring (bicyclic) bond motifs is 3. The van der Waals surface area contributed by atoms with Crippen molar-refractivity contribution in [1.82, 2.24) is 0 Å². The number of nitrogens with one attached hydrogen (secondary N) is 1. The first-order valence-corrected chi connectivity index (χ1v) is 11.4. The number of benzene rings is 3. The van der Waals surface area contributed by atoms with E-state index in [0.717, 1.165) is 0 Å². The van der Waals surface area contributed by atoms with Gasteiger partial charge in [0.1, 0.15) is 23.7 Å². The van der Waals surface area contributed by atoms with Crippen LogP contribution in [0.25, 0.3) is 0 Å². The van der Waals surface area contributed by atoms with Gasteiger partial charge >= 0.3 is 6.09 Å². The van der Waals surface area contributed by atoms with Crippen LogP contribution in [-0.2, 0) is 11.2 Å². The van der Waals surface area contributed by atoms with Gasteiger partial charge in [0.15, 0.2) is 11.6 Å². The summed E-state index contributed by atoms with van der Waals surface area (Å²) in [6.45, 7) is -0.560. The van der Waals surface area contributed by atoms with Gasteiger partial charge in [0.2, 0.25) is 0 Å². The van der Waals surface area contributed by atoms with Crippen molar-refractivity contribution < 1.29 is 39.5 Å². The van der Waals surface area contributed by atoms with Gasteiger partial charge in [-0.05, 0) is 24.3 Å². The molecular formula is C26H20ClNO8. The Morgan fingerprint density at radius 3 is 2.19 bits per heavy atom. The number of anilines is 1. The molecule has 0 aromatic heterocycles. The number of amides is 1. The zero-order valence-corrected chi connectivity index (χ0v) is 19.4. The van der Waals surface area contributed by atoms with Crippen molar-refractivity contribution in [2.45, 2.75) is 24.5 Å². The minimum atomic E-state index is -1.83. The van der Waals surface area contributed by atoms with E-state index in [0.29, 0.717) is 10.7 Å². The molecule has 9 nitrogen and oxygen atoms in total. The lowest BCUT2D eigenvalue weighted by molar-refractivity contribution is -0.0613. The summed E-state index contributed by atoms with van der Waals surface area (Å²) in [6.07, 6.45) is -3.11. The molecule has 2 aliphatic carbocycles. The van der Waals surface area contributed by atoms with Gasteiger partial charge < -0.3 is 25.2 Å². The topological polar surface area (TPSA) is 153 Å². The van der Waals surface area contributed by atoms with Gasteiger partial charge in [-0.25, -0.2) is 4.79 Å². The van der Waals surface area contributed by atoms with Crippen molar-refractivity contribution in [1.29, 1.82) is 0 Å². The maximum Gasteiger partial charge on any atom is 0.411 e. The van der Waals surface area contributed by atoms with Crippen LogP contribution in [0.3, 0.4) is 0 Å². The van der Waals surface area contributed by atoms with Gasteiger partial charge in [-0.1, -0.05) is 35.9 Å². The zero-order chi connectivity index (χ0) is 25.8. The summed E-state index contributed by atoms with van der Waals surface area (Å²) in [5, 5.41) is 46.8. The number of aliphatic hydroxyl groups is 2. The van der Waals surface area contributed by atoms with Crippen molar-refractivity contribution in [2.24, 2.45) is 0 Å². The zero-order valence-electron chi connectivity index (χ0n) is 18.6. The highest BCUT2D eigenvalue weighted by atomic mass is 35.5. The SMILES string of the molecule is O=C(Nc1ccc(Cl)cc1)OC[C@@]1(O)Cc2c(O)c3c(c(O)c2[C@@H](O)C1)C(=O)c1ccccc1C3=O. The lowest BCUT2D eigenvalue weighted by atomic mass is 9.73. The standard InChI is InChI=1S/C26H20ClNO8/c27-12-5-7-13(8-6-12)28-25(34)36-11-26(35)9-16-18(17(29)10-26)24(33)20-19(23(16)32)21(30)14-3-1-2-4-15(14)22(20)31/h1-8,17,29,32-33,35H,9-11H2,(H,28,34)/t17-,26+/m0/s1. The fourth-order valence-corrected chi connectivity index (χ4v) is 4.91. The molecule has 2 aliphatic rings. The highest BCUT2D eigenvalue weighted by Crippen LogP contribution is 2.50. The van der Waals surface area contributed by atoms with Crippen LogP contribution in [0.4, 0.5) is 10.5 Å². The van der Waals surface area contributed by atoms with Gasteiger partial charge in [-0.15, -0.1) is 0 Å². The van der Waals surface area contributed by atoms with E-state index in [1.54, 1.807) is 36.4 Å². The molecule has 10 heteroatoms. The van der Waals surface area contributed by atoms with Crippen molar-refractivity contribution >= 4 is 34.9 Å². The fourth-order valence-electron chi connectivity index (χ4n) is 4.78. The second kappa shape index (κ2) is 8.63. The lowest BCUT2D eigenvalue weighted by Crippen LogP contribution is -2.43. The van der Waals surface area contributed by atoms with Gasteiger partial charge in [0, 0.05) is 45.8 Å². The quantitative estimate of drug-likeness (QED) is 0.263. The van der Waals surface area contributed by atoms with Crippen molar-refractivity contribution in [3.63, 3.8) is 0 Å². The van der Waals surface area contributed by atoms with Crippen LogP contribution in [0.5, 0.6) is 11.5 Å². The Labute approximate surface area is 209 Å². The Bertz CT molecular complexity index is 1430. The molecule has 3 aromatic carbocycles. The smallest absolute Gasteiger partial charge is 0.411 e. The Balaban J connectivity index is 1.44. The van der Waals surface area contributed by atoms with E-state index < -0.39 is 58.6 Å². The summed E-state index contributed by atoms with van der Waals surface area (Å²) < 4.78 is 5.14. The molecule has 3 aromatic rings. The number of carbonyl (C=O) groups excluding carboxylic acids is 3. The third-order valence-electron chi connectivity index (χ3n) is 6.44. The molecule has 0 fully saturated rings. The summed E-state index contributed by atoms with van der Waals surface area (Å²) in [6, 6.07) is 12.3. The molecule has 1 amide bonds. The van der Waals surface area contributed by atoms with Crippen LogP contribution in [0.15, 0.2) is 48.5 Å². The predicted octanol–water partition coefficient (Wildman–Crippen LogP) is 3.49. The number of hydrogen-bond donors (Lipinski definition) is 5. The van der Waals surface area contributed by atoms with Crippen LogP contribution < -0.4 is 5.32 Å². The molecule has 0 bridgehead atoms. The number of aromatic hydroxyl groups is 2. The first kappa shape index (κ1) is 23.8. The van der Waals surface area contributed by atoms with E-state index in [-0.39, 0.29) is 35.1 Å². The van der Waals surface area contributed by atoms with E-state index in [4.69, 9.17) is 16.3 Å². The molecule has 5 rings (SSSR count). The Morgan fingerprint density at radius 1 is 1.00 bits per heavy atom. The number of ketones is 2. The maximum atomic E-state index is 13.1. The highest BCUT2D eigenvalue weighted by Gasteiger charge is 2.45. The number of ether oxygens (including phenoxy) is 1. The number of aliphatic hydroxyl groups excluding tert-OH is 1. The second-order valence-corrected chi connectivity index (χ2v) is 9.31. The molecule has 36 heavy (non-hydrogen) atoms.